The van der Waals surface area contributed by atoms with Crippen molar-refractivity contribution in [1.29, 1.82) is 0 Å². The number of aryl methyl sites for hydroxylation is 1. The summed E-state index contributed by atoms with van der Waals surface area (Å²) in [5.74, 6) is -1.53. The van der Waals surface area contributed by atoms with Gasteiger partial charge in [-0.2, -0.15) is 0 Å². The number of esters is 2. The molecule has 0 fully saturated rings. The van der Waals surface area contributed by atoms with Gasteiger partial charge in [-0.3, -0.25) is 20.2 Å². The third kappa shape index (κ3) is 7.40. The molecule has 0 bridgehead atoms. The van der Waals surface area contributed by atoms with Gasteiger partial charge in [0.2, 0.25) is 11.5 Å². The highest BCUT2D eigenvalue weighted by molar-refractivity contribution is 5.93. The molecule has 3 aromatic carbocycles. The molecule has 5 aromatic rings. The second kappa shape index (κ2) is 13.4. The molecule has 2 aromatic heterocycles. The Labute approximate surface area is 252 Å². The number of carboxylic acid groups (broad SMARTS) is 1. The van der Waals surface area contributed by atoms with Gasteiger partial charge in [0.1, 0.15) is 16.9 Å². The van der Waals surface area contributed by atoms with E-state index < -0.39 is 27.9 Å². The second-order valence-corrected chi connectivity index (χ2v) is 9.42. The number of carbonyl (C=O) groups excluding carboxylic acids is 2. The molecule has 1 aliphatic rings. The minimum Gasteiger partial charge on any atom is -0.478 e. The van der Waals surface area contributed by atoms with E-state index in [0.717, 1.165) is 11.3 Å². The van der Waals surface area contributed by atoms with Gasteiger partial charge in [-0.25, -0.2) is 14.4 Å². The van der Waals surface area contributed by atoms with E-state index in [0.29, 0.717) is 28.4 Å². The number of hydrogen-bond acceptors (Lipinski definition) is 12. The maximum absolute atomic E-state index is 11.2. The number of aromatic carboxylic acids is 1. The highest BCUT2D eigenvalue weighted by Gasteiger charge is 2.29. The van der Waals surface area contributed by atoms with Crippen molar-refractivity contribution in [1.82, 2.24) is 0 Å². The van der Waals surface area contributed by atoms with Gasteiger partial charge in [0.05, 0.1) is 24.1 Å². The molecular formula is C30H24N2O13. The molecule has 3 heterocycles. The summed E-state index contributed by atoms with van der Waals surface area (Å²) in [7, 11) is 2.61. The first kappa shape index (κ1) is 31.7. The first-order chi connectivity index (χ1) is 21.4. The Morgan fingerprint density at radius 1 is 0.800 bits per heavy atom. The number of nitro groups is 2. The quantitative estimate of drug-likeness (QED) is 0.143. The van der Waals surface area contributed by atoms with Gasteiger partial charge in [0.25, 0.3) is 11.4 Å². The number of furan rings is 2. The van der Waals surface area contributed by atoms with Crippen molar-refractivity contribution in [2.24, 2.45) is 0 Å². The molecule has 0 spiro atoms. The second-order valence-electron chi connectivity index (χ2n) is 9.42. The predicted molar refractivity (Wildman–Crippen MR) is 155 cm³/mol. The van der Waals surface area contributed by atoms with E-state index in [2.05, 4.69) is 9.47 Å². The Morgan fingerprint density at radius 3 is 1.87 bits per heavy atom. The van der Waals surface area contributed by atoms with Gasteiger partial charge in [-0.1, -0.05) is 17.7 Å². The van der Waals surface area contributed by atoms with E-state index in [1.54, 1.807) is 0 Å². The zero-order valence-electron chi connectivity index (χ0n) is 23.9. The van der Waals surface area contributed by atoms with Crippen molar-refractivity contribution >= 4 is 51.2 Å². The van der Waals surface area contributed by atoms with Crippen LogP contribution in [0.25, 0.3) is 21.9 Å². The monoisotopic (exact) mass is 620 g/mol. The number of nitrogens with zero attached hydrogens (tertiary/aromatic N) is 2. The van der Waals surface area contributed by atoms with Crippen molar-refractivity contribution in [3.05, 3.63) is 110 Å². The topological polar surface area (TPSA) is 212 Å². The van der Waals surface area contributed by atoms with Crippen LogP contribution in [0.4, 0.5) is 11.4 Å². The molecule has 232 valence electrons. The van der Waals surface area contributed by atoms with Gasteiger partial charge < -0.3 is 28.2 Å². The van der Waals surface area contributed by atoms with Gasteiger partial charge in [0, 0.05) is 41.5 Å². The molecule has 0 saturated carbocycles. The molecule has 1 N–H and O–H groups in total. The van der Waals surface area contributed by atoms with Gasteiger partial charge >= 0.3 is 17.9 Å². The number of carboxylic acids is 1. The standard InChI is InChI=1S/C11H12O3.C10H7NO5.C9H5NO5/c1-7-3-4-9-8(5-7)6-10(14-9)11(12)13-2;1-15-10(12)9-5-6-4-7(11(13)14)2-3-8(6)16-9;11-9(12)8-4-5-3-6(10(13)14)1-2-7(5)15-8/h3-5,10H,6H2,1-2H3;2-5H,1H3;1-4H,(H,11,12). The molecule has 0 aliphatic carbocycles. The number of nitro benzene ring substituents is 2. The van der Waals surface area contributed by atoms with Crippen LogP contribution in [0.5, 0.6) is 5.75 Å². The summed E-state index contributed by atoms with van der Waals surface area (Å²) in [5.41, 5.74) is 2.84. The number of rotatable bonds is 5. The lowest BCUT2D eigenvalue weighted by molar-refractivity contribution is -0.384. The summed E-state index contributed by atoms with van der Waals surface area (Å²) >= 11 is 0. The first-order valence-electron chi connectivity index (χ1n) is 12.9. The molecule has 45 heavy (non-hydrogen) atoms. The lowest BCUT2D eigenvalue weighted by Gasteiger charge is -2.06. The van der Waals surface area contributed by atoms with Gasteiger partial charge in [0.15, 0.2) is 6.10 Å². The van der Waals surface area contributed by atoms with Crippen LogP contribution >= 0.6 is 0 Å². The van der Waals surface area contributed by atoms with E-state index in [-0.39, 0.29) is 28.9 Å². The lowest BCUT2D eigenvalue weighted by atomic mass is 10.1. The SMILES string of the molecule is COC(=O)C1Cc2cc(C)ccc2O1.COC(=O)c1cc2cc([N+](=O)[O-])ccc2o1.O=C(O)c1cc2cc([N+](=O)[O-])ccc2o1. The summed E-state index contributed by atoms with van der Waals surface area (Å²) < 4.78 is 24.6. The highest BCUT2D eigenvalue weighted by Crippen LogP contribution is 2.30. The van der Waals surface area contributed by atoms with Crippen LogP contribution < -0.4 is 4.74 Å². The molecule has 15 nitrogen and oxygen atoms in total. The number of hydrogen-bond donors (Lipinski definition) is 1. The minimum absolute atomic E-state index is 0.0259. The van der Waals surface area contributed by atoms with Crippen LogP contribution in [-0.4, -0.2) is 53.2 Å². The number of non-ortho nitro benzene ring substituents is 2. The molecule has 1 atom stereocenters. The van der Waals surface area contributed by atoms with E-state index in [4.69, 9.17) is 18.7 Å². The first-order valence-corrected chi connectivity index (χ1v) is 12.9. The highest BCUT2D eigenvalue weighted by atomic mass is 16.6. The fraction of sp³-hybridized carbons (Fsp3) is 0.167. The van der Waals surface area contributed by atoms with Gasteiger partial charge in [-0.05, 0) is 42.8 Å². The van der Waals surface area contributed by atoms with Crippen LogP contribution in [0, 0.1) is 27.2 Å². The smallest absolute Gasteiger partial charge is 0.373 e. The van der Waals surface area contributed by atoms with Crippen molar-refractivity contribution < 1.29 is 52.4 Å². The maximum atomic E-state index is 11.2. The zero-order chi connectivity index (χ0) is 32.8. The number of carbonyl (C=O) groups is 3. The normalized spacial score (nSPS) is 12.9. The number of methoxy groups -OCH3 is 2. The van der Waals surface area contributed by atoms with Crippen LogP contribution in [0.15, 0.2) is 75.6 Å². The van der Waals surface area contributed by atoms with Crippen LogP contribution in [0.2, 0.25) is 0 Å². The average molecular weight is 621 g/mol. The van der Waals surface area contributed by atoms with E-state index in [1.807, 2.05) is 25.1 Å². The fourth-order valence-electron chi connectivity index (χ4n) is 4.24. The fourth-order valence-corrected chi connectivity index (χ4v) is 4.24. The molecule has 6 rings (SSSR count). The molecule has 0 radical (unpaired) electrons. The molecule has 0 saturated heterocycles. The Hall–Kier alpha value is -6.25. The van der Waals surface area contributed by atoms with Crippen LogP contribution in [-0.2, 0) is 20.7 Å². The summed E-state index contributed by atoms with van der Waals surface area (Å²) in [4.78, 5) is 52.8. The van der Waals surface area contributed by atoms with Crippen molar-refractivity contribution in [3.8, 4) is 5.75 Å². The Morgan fingerprint density at radius 2 is 1.36 bits per heavy atom. The maximum Gasteiger partial charge on any atom is 0.373 e. The number of fused-ring (bicyclic) bond motifs is 3. The van der Waals surface area contributed by atoms with Crippen LogP contribution in [0.3, 0.4) is 0 Å². The Kier molecular flexibility index (Phi) is 9.41. The molecule has 1 unspecified atom stereocenters. The van der Waals surface area contributed by atoms with Crippen molar-refractivity contribution in [2.45, 2.75) is 19.4 Å². The summed E-state index contributed by atoms with van der Waals surface area (Å²) in [5, 5.41) is 30.5. The largest absolute Gasteiger partial charge is 0.478 e. The summed E-state index contributed by atoms with van der Waals surface area (Å²) in [6.45, 7) is 2.02. The number of ether oxygens (including phenoxy) is 3. The van der Waals surface area contributed by atoms with E-state index >= 15 is 0 Å². The minimum atomic E-state index is -1.20. The van der Waals surface area contributed by atoms with E-state index in [9.17, 15) is 34.6 Å². The summed E-state index contributed by atoms with van der Waals surface area (Å²) in [6.07, 6.45) is 0.153. The molecule has 15 heteroatoms. The lowest BCUT2D eigenvalue weighted by Crippen LogP contribution is -2.26. The van der Waals surface area contributed by atoms with Crippen molar-refractivity contribution in [3.63, 3.8) is 0 Å². The molecule has 0 amide bonds. The average Bonchev–Trinajstić information content (AvgIpc) is 3.76. The van der Waals surface area contributed by atoms with Crippen LogP contribution in [0.1, 0.15) is 32.2 Å². The zero-order valence-corrected chi connectivity index (χ0v) is 23.9. The third-order valence-electron chi connectivity index (χ3n) is 6.37. The van der Waals surface area contributed by atoms with Gasteiger partial charge in [-0.15, -0.1) is 0 Å². The Balaban J connectivity index is 0.000000154. The molecular weight excluding hydrogens is 596 g/mol. The summed E-state index contributed by atoms with van der Waals surface area (Å²) in [6, 6.07) is 16.6. The Bertz CT molecular complexity index is 1930. The molecule has 1 aliphatic heterocycles. The third-order valence-corrected chi connectivity index (χ3v) is 6.37. The van der Waals surface area contributed by atoms with Crippen molar-refractivity contribution in [2.75, 3.05) is 14.2 Å². The number of benzene rings is 3. The predicted octanol–water partition coefficient (Wildman–Crippen LogP) is 5.64. The van der Waals surface area contributed by atoms with E-state index in [1.165, 1.54) is 68.3 Å².